The highest BCUT2D eigenvalue weighted by atomic mass is 16.2. The number of rotatable bonds is 6. The second-order valence-electron chi connectivity index (χ2n) is 6.36. The molecule has 1 aromatic rings. The van der Waals surface area contributed by atoms with Crippen LogP contribution in [0.2, 0.25) is 0 Å². The van der Waals surface area contributed by atoms with E-state index >= 15 is 0 Å². The van der Waals surface area contributed by atoms with Crippen LogP contribution in [0.15, 0.2) is 24.5 Å². The molecule has 8 heteroatoms. The van der Waals surface area contributed by atoms with Crippen molar-refractivity contribution in [2.45, 2.75) is 19.9 Å². The monoisotopic (exact) mass is 345 g/mol. The van der Waals surface area contributed by atoms with Crippen molar-refractivity contribution >= 4 is 17.8 Å². The molecular formula is C17H23N5O3. The van der Waals surface area contributed by atoms with Crippen molar-refractivity contribution in [1.29, 1.82) is 0 Å². The molecule has 0 saturated carbocycles. The van der Waals surface area contributed by atoms with Crippen molar-refractivity contribution in [3.8, 4) is 0 Å². The number of nitrogens with zero attached hydrogens (tertiary/aromatic N) is 5. The Balaban J connectivity index is 1.51. The fourth-order valence-corrected chi connectivity index (χ4v) is 3.13. The molecule has 2 saturated heterocycles. The van der Waals surface area contributed by atoms with Gasteiger partial charge in [-0.05, 0) is 24.1 Å². The van der Waals surface area contributed by atoms with Crippen LogP contribution in [0.3, 0.4) is 0 Å². The first-order valence-corrected chi connectivity index (χ1v) is 8.61. The number of hydrogen-bond donors (Lipinski definition) is 0. The molecule has 0 unspecified atom stereocenters. The van der Waals surface area contributed by atoms with Gasteiger partial charge in [0.15, 0.2) is 0 Å². The van der Waals surface area contributed by atoms with Gasteiger partial charge in [0.1, 0.15) is 0 Å². The molecule has 0 radical (unpaired) electrons. The van der Waals surface area contributed by atoms with Crippen molar-refractivity contribution in [3.05, 3.63) is 30.1 Å². The normalized spacial score (nSPS) is 20.0. The highest BCUT2D eigenvalue weighted by Gasteiger charge is 2.44. The molecule has 0 aromatic carbocycles. The van der Waals surface area contributed by atoms with Gasteiger partial charge < -0.3 is 0 Å². The molecule has 0 spiro atoms. The summed E-state index contributed by atoms with van der Waals surface area (Å²) in [6.07, 6.45) is 4.22. The van der Waals surface area contributed by atoms with Crippen LogP contribution >= 0.6 is 0 Å². The lowest BCUT2D eigenvalue weighted by molar-refractivity contribution is -0.144. The van der Waals surface area contributed by atoms with E-state index in [-0.39, 0.29) is 6.67 Å². The molecule has 134 valence electrons. The standard InChI is InChI=1S/C17H23N5O3/c1-2-7-21-15(23)16(24)22(17(21)25)13-20-10-8-19(9-11-20)12-14-3-5-18-6-4-14/h3-6H,2,7-13H2,1H3. The highest BCUT2D eigenvalue weighted by Crippen LogP contribution is 2.15. The predicted molar refractivity (Wildman–Crippen MR) is 90.2 cm³/mol. The molecule has 2 aliphatic rings. The number of carbonyl (C=O) groups excluding carboxylic acids is 3. The summed E-state index contributed by atoms with van der Waals surface area (Å²) in [5.74, 6) is -1.42. The zero-order chi connectivity index (χ0) is 17.8. The lowest BCUT2D eigenvalue weighted by Crippen LogP contribution is -2.51. The number of pyridine rings is 1. The zero-order valence-corrected chi connectivity index (χ0v) is 14.4. The fourth-order valence-electron chi connectivity index (χ4n) is 3.13. The number of amides is 4. The van der Waals surface area contributed by atoms with Gasteiger partial charge in [-0.3, -0.25) is 29.3 Å². The molecule has 3 heterocycles. The number of piperazine rings is 1. The summed E-state index contributed by atoms with van der Waals surface area (Å²) in [4.78, 5) is 46.7. The number of urea groups is 1. The van der Waals surface area contributed by atoms with Gasteiger partial charge in [-0.25, -0.2) is 9.69 Å². The van der Waals surface area contributed by atoms with Crippen LogP contribution in [0.4, 0.5) is 4.79 Å². The Morgan fingerprint density at radius 3 is 2.16 bits per heavy atom. The molecule has 2 aliphatic heterocycles. The largest absolute Gasteiger partial charge is 0.335 e. The Kier molecular flexibility index (Phi) is 5.40. The van der Waals surface area contributed by atoms with Gasteiger partial charge in [0.05, 0.1) is 6.67 Å². The van der Waals surface area contributed by atoms with E-state index in [0.29, 0.717) is 13.0 Å². The van der Waals surface area contributed by atoms with Crippen molar-refractivity contribution in [3.63, 3.8) is 0 Å². The van der Waals surface area contributed by atoms with E-state index in [1.54, 1.807) is 12.4 Å². The first-order valence-electron chi connectivity index (χ1n) is 8.61. The Labute approximate surface area is 147 Å². The summed E-state index contributed by atoms with van der Waals surface area (Å²) in [6, 6.07) is 3.51. The van der Waals surface area contributed by atoms with E-state index in [1.807, 2.05) is 24.0 Å². The summed E-state index contributed by atoms with van der Waals surface area (Å²) in [5.41, 5.74) is 1.22. The maximum atomic E-state index is 12.3. The molecule has 1 aromatic heterocycles. The number of carbonyl (C=O) groups is 3. The molecular weight excluding hydrogens is 322 g/mol. The fraction of sp³-hybridized carbons (Fsp3) is 0.529. The minimum absolute atomic E-state index is 0.187. The van der Waals surface area contributed by atoms with Crippen LogP contribution in [0.1, 0.15) is 18.9 Å². The Hall–Kier alpha value is -2.32. The van der Waals surface area contributed by atoms with Gasteiger partial charge in [-0.1, -0.05) is 6.92 Å². The third kappa shape index (κ3) is 3.85. The first kappa shape index (κ1) is 17.5. The van der Waals surface area contributed by atoms with E-state index in [2.05, 4.69) is 9.88 Å². The van der Waals surface area contributed by atoms with Crippen molar-refractivity contribution in [1.82, 2.24) is 24.6 Å². The van der Waals surface area contributed by atoms with Crippen LogP contribution < -0.4 is 0 Å². The second-order valence-corrected chi connectivity index (χ2v) is 6.36. The van der Waals surface area contributed by atoms with Gasteiger partial charge >= 0.3 is 17.8 Å². The molecule has 0 aliphatic carbocycles. The SMILES string of the molecule is CCCN1C(=O)C(=O)N(CN2CCN(Cc3ccncc3)CC2)C1=O. The average molecular weight is 345 g/mol. The van der Waals surface area contributed by atoms with Crippen LogP contribution in [0.5, 0.6) is 0 Å². The highest BCUT2D eigenvalue weighted by molar-refractivity contribution is 6.44. The lowest BCUT2D eigenvalue weighted by Gasteiger charge is -2.35. The zero-order valence-electron chi connectivity index (χ0n) is 14.4. The summed E-state index contributed by atoms with van der Waals surface area (Å²) in [7, 11) is 0. The summed E-state index contributed by atoms with van der Waals surface area (Å²) in [6.45, 7) is 6.42. The predicted octanol–water partition coefficient (Wildman–Crippen LogP) is 0.358. The third-order valence-electron chi connectivity index (χ3n) is 4.54. The van der Waals surface area contributed by atoms with Crippen LogP contribution in [0.25, 0.3) is 0 Å². The number of imide groups is 2. The topological polar surface area (TPSA) is 77.1 Å². The van der Waals surface area contributed by atoms with Crippen molar-refractivity contribution in [2.75, 3.05) is 39.4 Å². The smallest absolute Gasteiger partial charge is 0.297 e. The van der Waals surface area contributed by atoms with Gasteiger partial charge in [0, 0.05) is 51.7 Å². The molecule has 0 atom stereocenters. The van der Waals surface area contributed by atoms with E-state index in [4.69, 9.17) is 0 Å². The Morgan fingerprint density at radius 2 is 1.52 bits per heavy atom. The molecule has 3 rings (SSSR count). The first-order chi connectivity index (χ1) is 12.1. The average Bonchev–Trinajstić information content (AvgIpc) is 2.82. The van der Waals surface area contributed by atoms with Gasteiger partial charge in [0.2, 0.25) is 0 Å². The Bertz CT molecular complexity index is 643. The molecule has 4 amide bonds. The molecule has 25 heavy (non-hydrogen) atoms. The van der Waals surface area contributed by atoms with Crippen LogP contribution in [-0.2, 0) is 16.1 Å². The van der Waals surface area contributed by atoms with Crippen LogP contribution in [-0.4, -0.2) is 81.8 Å². The minimum atomic E-state index is -0.710. The second kappa shape index (κ2) is 7.71. The van der Waals surface area contributed by atoms with Crippen molar-refractivity contribution < 1.29 is 14.4 Å². The maximum absolute atomic E-state index is 12.3. The molecule has 0 bridgehead atoms. The van der Waals surface area contributed by atoms with E-state index in [0.717, 1.165) is 42.5 Å². The Morgan fingerprint density at radius 1 is 0.920 bits per heavy atom. The third-order valence-corrected chi connectivity index (χ3v) is 4.54. The molecule has 8 nitrogen and oxygen atoms in total. The number of hydrogen-bond acceptors (Lipinski definition) is 6. The van der Waals surface area contributed by atoms with Gasteiger partial charge in [-0.2, -0.15) is 0 Å². The van der Waals surface area contributed by atoms with E-state index < -0.39 is 17.8 Å². The summed E-state index contributed by atoms with van der Waals surface area (Å²) < 4.78 is 0. The minimum Gasteiger partial charge on any atom is -0.297 e. The number of aromatic nitrogens is 1. The quantitative estimate of drug-likeness (QED) is 0.547. The van der Waals surface area contributed by atoms with Gasteiger partial charge in [-0.15, -0.1) is 0 Å². The molecule has 0 N–H and O–H groups in total. The maximum Gasteiger partial charge on any atom is 0.335 e. The summed E-state index contributed by atoms with van der Waals surface area (Å²) >= 11 is 0. The van der Waals surface area contributed by atoms with E-state index in [1.165, 1.54) is 5.56 Å². The molecule has 2 fully saturated rings. The van der Waals surface area contributed by atoms with Gasteiger partial charge in [0.25, 0.3) is 0 Å². The lowest BCUT2D eigenvalue weighted by atomic mass is 10.2. The van der Waals surface area contributed by atoms with E-state index in [9.17, 15) is 14.4 Å². The summed E-state index contributed by atoms with van der Waals surface area (Å²) in [5, 5.41) is 0. The van der Waals surface area contributed by atoms with Crippen LogP contribution in [0, 0.1) is 0 Å². The van der Waals surface area contributed by atoms with Crippen molar-refractivity contribution in [2.24, 2.45) is 0 Å².